The van der Waals surface area contributed by atoms with Crippen LogP contribution in [0.1, 0.15) is 40.2 Å². The topological polar surface area (TPSA) is 41.9 Å². The van der Waals surface area contributed by atoms with E-state index in [1.54, 1.807) is 6.07 Å². The molecule has 0 spiro atoms. The van der Waals surface area contributed by atoms with Gasteiger partial charge in [-0.15, -0.1) is 0 Å². The van der Waals surface area contributed by atoms with Crippen LogP contribution in [0.3, 0.4) is 0 Å². The van der Waals surface area contributed by atoms with Crippen molar-refractivity contribution in [3.63, 3.8) is 0 Å². The normalized spacial score (nSPS) is 21.2. The predicted molar refractivity (Wildman–Crippen MR) is 83.8 cm³/mol. The number of hydrogen-bond acceptors (Lipinski definition) is 4. The van der Waals surface area contributed by atoms with Gasteiger partial charge in [-0.3, -0.25) is 4.90 Å². The number of nitrogens with zero attached hydrogens (tertiary/aromatic N) is 1. The lowest BCUT2D eigenvalue weighted by Crippen LogP contribution is -2.56. The molecule has 4 heteroatoms. The van der Waals surface area contributed by atoms with Gasteiger partial charge >= 0.3 is 0 Å². The van der Waals surface area contributed by atoms with Crippen molar-refractivity contribution in [1.29, 1.82) is 0 Å². The van der Waals surface area contributed by atoms with E-state index in [-0.39, 0.29) is 17.0 Å². The third-order valence-electron chi connectivity index (χ3n) is 3.54. The third kappa shape index (κ3) is 4.11. The van der Waals surface area contributed by atoms with E-state index in [4.69, 9.17) is 9.47 Å². The van der Waals surface area contributed by atoms with Crippen LogP contribution in [-0.4, -0.2) is 40.9 Å². The van der Waals surface area contributed by atoms with Crippen LogP contribution in [-0.2, 0) is 11.3 Å². The molecule has 2 rings (SSSR count). The highest BCUT2D eigenvalue weighted by molar-refractivity contribution is 5.45. The lowest BCUT2D eigenvalue weighted by atomic mass is 9.98. The highest BCUT2D eigenvalue weighted by Crippen LogP contribution is 2.33. The molecule has 0 amide bonds. The van der Waals surface area contributed by atoms with Crippen LogP contribution in [0.4, 0.5) is 0 Å². The van der Waals surface area contributed by atoms with Crippen molar-refractivity contribution in [2.24, 2.45) is 0 Å². The average molecular weight is 293 g/mol. The highest BCUT2D eigenvalue weighted by atomic mass is 16.5. The number of benzene rings is 1. The Morgan fingerprint density at radius 1 is 1.19 bits per heavy atom. The number of morpholine rings is 1. The number of rotatable bonds is 4. The number of para-hydroxylation sites is 1. The van der Waals surface area contributed by atoms with Gasteiger partial charge in [-0.1, -0.05) is 12.1 Å². The quantitative estimate of drug-likeness (QED) is 0.926. The molecule has 21 heavy (non-hydrogen) atoms. The van der Waals surface area contributed by atoms with Crippen LogP contribution in [0, 0.1) is 0 Å². The molecule has 1 aliphatic heterocycles. The highest BCUT2D eigenvalue weighted by Gasteiger charge is 2.38. The molecule has 1 saturated heterocycles. The van der Waals surface area contributed by atoms with Gasteiger partial charge in [0.1, 0.15) is 0 Å². The van der Waals surface area contributed by atoms with E-state index in [0.717, 1.165) is 18.7 Å². The summed E-state index contributed by atoms with van der Waals surface area (Å²) in [6, 6.07) is 5.68. The Morgan fingerprint density at radius 3 is 2.38 bits per heavy atom. The van der Waals surface area contributed by atoms with Gasteiger partial charge in [-0.25, -0.2) is 0 Å². The smallest absolute Gasteiger partial charge is 0.162 e. The molecule has 0 radical (unpaired) electrons. The summed E-state index contributed by atoms with van der Waals surface area (Å²) >= 11 is 0. The van der Waals surface area contributed by atoms with Crippen LogP contribution in [0.25, 0.3) is 0 Å². The fourth-order valence-corrected chi connectivity index (χ4v) is 3.27. The van der Waals surface area contributed by atoms with Gasteiger partial charge in [0.15, 0.2) is 11.5 Å². The fraction of sp³-hybridized carbons (Fsp3) is 0.647. The summed E-state index contributed by atoms with van der Waals surface area (Å²) in [5.74, 6) is 0.809. The summed E-state index contributed by atoms with van der Waals surface area (Å²) < 4.78 is 11.5. The van der Waals surface area contributed by atoms with Crippen LogP contribution >= 0.6 is 0 Å². The number of aromatic hydroxyl groups is 1. The van der Waals surface area contributed by atoms with E-state index in [9.17, 15) is 5.11 Å². The van der Waals surface area contributed by atoms with Gasteiger partial charge in [0.25, 0.3) is 0 Å². The van der Waals surface area contributed by atoms with Crippen LogP contribution in [0.15, 0.2) is 18.2 Å². The van der Waals surface area contributed by atoms with Crippen molar-refractivity contribution in [2.75, 3.05) is 19.7 Å². The van der Waals surface area contributed by atoms with E-state index >= 15 is 0 Å². The summed E-state index contributed by atoms with van der Waals surface area (Å²) in [7, 11) is 0. The van der Waals surface area contributed by atoms with Crippen LogP contribution in [0.2, 0.25) is 0 Å². The molecule has 1 fully saturated rings. The molecule has 0 unspecified atom stereocenters. The molecule has 1 heterocycles. The first-order valence-electron chi connectivity index (χ1n) is 7.59. The van der Waals surface area contributed by atoms with Gasteiger partial charge in [-0.2, -0.15) is 0 Å². The summed E-state index contributed by atoms with van der Waals surface area (Å²) in [5, 5.41) is 10.3. The molecule has 1 aromatic carbocycles. The molecule has 0 saturated carbocycles. The van der Waals surface area contributed by atoms with E-state index in [2.05, 4.69) is 32.6 Å². The summed E-state index contributed by atoms with van der Waals surface area (Å²) in [5.41, 5.74) is 0.526. The molecule has 1 N–H and O–H groups in total. The zero-order valence-electron chi connectivity index (χ0n) is 13.8. The second-order valence-electron chi connectivity index (χ2n) is 6.96. The molecular weight excluding hydrogens is 266 g/mol. The summed E-state index contributed by atoms with van der Waals surface area (Å²) in [6.45, 7) is 13.3. The van der Waals surface area contributed by atoms with E-state index in [1.807, 2.05) is 19.1 Å². The van der Waals surface area contributed by atoms with Gasteiger partial charge in [0.05, 0.1) is 17.8 Å². The Morgan fingerprint density at radius 2 is 1.81 bits per heavy atom. The minimum atomic E-state index is -0.186. The Labute approximate surface area is 127 Å². The molecule has 4 nitrogen and oxygen atoms in total. The maximum absolute atomic E-state index is 10.3. The second-order valence-corrected chi connectivity index (χ2v) is 6.96. The van der Waals surface area contributed by atoms with Crippen LogP contribution in [0.5, 0.6) is 11.5 Å². The van der Waals surface area contributed by atoms with Gasteiger partial charge in [0.2, 0.25) is 0 Å². The lowest BCUT2D eigenvalue weighted by Gasteiger charge is -2.47. The van der Waals surface area contributed by atoms with E-state index in [0.29, 0.717) is 18.9 Å². The Kier molecular flexibility index (Phi) is 4.49. The van der Waals surface area contributed by atoms with Crippen molar-refractivity contribution >= 4 is 0 Å². The van der Waals surface area contributed by atoms with Crippen molar-refractivity contribution in [2.45, 2.75) is 52.4 Å². The number of hydrogen-bond donors (Lipinski definition) is 1. The summed E-state index contributed by atoms with van der Waals surface area (Å²) in [6.07, 6.45) is 0. The Balaban J connectivity index is 2.16. The van der Waals surface area contributed by atoms with Gasteiger partial charge in [0, 0.05) is 25.2 Å². The van der Waals surface area contributed by atoms with Crippen molar-refractivity contribution < 1.29 is 14.6 Å². The van der Waals surface area contributed by atoms with Crippen LogP contribution < -0.4 is 4.74 Å². The Hall–Kier alpha value is -1.26. The number of ether oxygens (including phenoxy) is 2. The minimum absolute atomic E-state index is 0.186. The molecular formula is C17H27NO3. The van der Waals surface area contributed by atoms with Gasteiger partial charge in [-0.05, 0) is 40.7 Å². The number of phenolic OH excluding ortho intramolecular Hbond substituents is 1. The minimum Gasteiger partial charge on any atom is -0.504 e. The van der Waals surface area contributed by atoms with Crippen molar-refractivity contribution in [3.05, 3.63) is 23.8 Å². The standard InChI is InChI=1S/C17H27NO3/c1-6-20-14-9-7-8-13(15(14)19)10-18-11-16(2,3)21-17(4,5)12-18/h7-9,19H,6,10-12H2,1-5H3. The molecule has 0 atom stereocenters. The van der Waals surface area contributed by atoms with Crippen molar-refractivity contribution in [1.82, 2.24) is 4.90 Å². The van der Waals surface area contributed by atoms with E-state index in [1.165, 1.54) is 0 Å². The monoisotopic (exact) mass is 293 g/mol. The maximum Gasteiger partial charge on any atom is 0.162 e. The zero-order valence-corrected chi connectivity index (χ0v) is 13.8. The molecule has 1 aliphatic rings. The molecule has 0 aromatic heterocycles. The SMILES string of the molecule is CCOc1cccc(CN2CC(C)(C)OC(C)(C)C2)c1O. The molecule has 0 bridgehead atoms. The first-order chi connectivity index (χ1) is 9.72. The molecule has 0 aliphatic carbocycles. The number of phenols is 1. The van der Waals surface area contributed by atoms with Crippen molar-refractivity contribution in [3.8, 4) is 11.5 Å². The maximum atomic E-state index is 10.3. The fourth-order valence-electron chi connectivity index (χ4n) is 3.27. The first kappa shape index (κ1) is 16.1. The molecule has 118 valence electrons. The Bertz CT molecular complexity index is 481. The average Bonchev–Trinajstić information content (AvgIpc) is 2.30. The predicted octanol–water partition coefficient (Wildman–Crippen LogP) is 3.18. The largest absolute Gasteiger partial charge is 0.504 e. The van der Waals surface area contributed by atoms with E-state index < -0.39 is 0 Å². The zero-order chi connectivity index (χ0) is 15.7. The third-order valence-corrected chi connectivity index (χ3v) is 3.54. The molecule has 1 aromatic rings. The second kappa shape index (κ2) is 5.85. The lowest BCUT2D eigenvalue weighted by molar-refractivity contribution is -0.182. The van der Waals surface area contributed by atoms with Gasteiger partial charge < -0.3 is 14.6 Å². The first-order valence-corrected chi connectivity index (χ1v) is 7.59. The summed E-state index contributed by atoms with van der Waals surface area (Å²) in [4.78, 5) is 2.33.